The van der Waals surface area contributed by atoms with Gasteiger partial charge in [-0.25, -0.2) is 4.98 Å². The van der Waals surface area contributed by atoms with E-state index in [0.717, 1.165) is 0 Å². The Morgan fingerprint density at radius 3 is 2.50 bits per heavy atom. The van der Waals surface area contributed by atoms with Crippen molar-refractivity contribution >= 4 is 53.4 Å². The fourth-order valence-corrected chi connectivity index (χ4v) is 0.720. The fourth-order valence-electron chi connectivity index (χ4n) is 0.496. The summed E-state index contributed by atoms with van der Waals surface area (Å²) in [5, 5.41) is 0. The predicted molar refractivity (Wildman–Crippen MR) is 44.0 cm³/mol. The van der Waals surface area contributed by atoms with E-state index in [4.69, 9.17) is 11.5 Å². The van der Waals surface area contributed by atoms with Gasteiger partial charge in [0.15, 0.2) is 4.77 Å². The van der Waals surface area contributed by atoms with Crippen molar-refractivity contribution in [3.63, 3.8) is 0 Å². The molecule has 0 saturated heterocycles. The molecule has 0 aromatic carbocycles. The van der Waals surface area contributed by atoms with E-state index in [1.165, 1.54) is 6.07 Å². The summed E-state index contributed by atoms with van der Waals surface area (Å²) in [5.41, 5.74) is 10.6. The average molecular weight is 165 g/mol. The Balaban J connectivity index is 0.000000810. The molecule has 1 radical (unpaired) electrons. The van der Waals surface area contributed by atoms with Gasteiger partial charge in [0.05, 0.1) is 0 Å². The molecule has 0 aliphatic heterocycles. The molecule has 0 fully saturated rings. The molecular formula is C4H6N4NaS. The zero-order valence-corrected chi connectivity index (χ0v) is 8.40. The Labute approximate surface area is 85.3 Å². The molecule has 1 aromatic rings. The van der Waals surface area contributed by atoms with Crippen molar-refractivity contribution in [2.75, 3.05) is 11.5 Å². The van der Waals surface area contributed by atoms with Crippen LogP contribution >= 0.6 is 12.2 Å². The van der Waals surface area contributed by atoms with Gasteiger partial charge in [-0.05, 0) is 12.2 Å². The molecule has 10 heavy (non-hydrogen) atoms. The van der Waals surface area contributed by atoms with Crippen LogP contribution in [0.1, 0.15) is 0 Å². The van der Waals surface area contributed by atoms with Gasteiger partial charge in [-0.2, -0.15) is 0 Å². The molecule has 0 unspecified atom stereocenters. The van der Waals surface area contributed by atoms with Crippen molar-refractivity contribution in [2.45, 2.75) is 0 Å². The number of nitrogens with two attached hydrogens (primary N) is 2. The van der Waals surface area contributed by atoms with Gasteiger partial charge in [0.2, 0.25) is 0 Å². The largest absolute Gasteiger partial charge is 0.385 e. The molecule has 49 valence electrons. The first-order valence-corrected chi connectivity index (χ1v) is 2.71. The van der Waals surface area contributed by atoms with E-state index in [0.29, 0.717) is 16.4 Å². The Morgan fingerprint density at radius 1 is 1.50 bits per heavy atom. The first kappa shape index (κ1) is 9.90. The molecule has 0 spiro atoms. The molecule has 6 heteroatoms. The molecule has 1 heterocycles. The number of hydrogen-bond donors (Lipinski definition) is 3. The second-order valence-electron chi connectivity index (χ2n) is 1.57. The molecule has 0 aliphatic rings. The molecule has 1 aromatic heterocycles. The maximum Gasteiger partial charge on any atom is 0.200 e. The standard InChI is InChI=1S/C4H6N4S.Na/c5-2-1-3(6)8-4(9)7-2;/h1H,(H5,5,6,7,8,9);. The number of H-pyrrole nitrogens is 1. The van der Waals surface area contributed by atoms with Crippen molar-refractivity contribution in [1.82, 2.24) is 9.97 Å². The molecule has 0 atom stereocenters. The average Bonchev–Trinajstić information content (AvgIpc) is 1.59. The van der Waals surface area contributed by atoms with Gasteiger partial charge in [0, 0.05) is 35.6 Å². The molecule has 0 aliphatic carbocycles. The molecule has 0 saturated carbocycles. The minimum Gasteiger partial charge on any atom is -0.385 e. The number of aromatic nitrogens is 2. The predicted octanol–water partition coefficient (Wildman–Crippen LogP) is -0.0772. The quantitative estimate of drug-likeness (QED) is 0.371. The maximum absolute atomic E-state index is 5.32. The molecular weight excluding hydrogens is 159 g/mol. The molecule has 5 N–H and O–H groups in total. The van der Waals surface area contributed by atoms with Gasteiger partial charge >= 0.3 is 0 Å². The first-order valence-electron chi connectivity index (χ1n) is 2.31. The van der Waals surface area contributed by atoms with Crippen LogP contribution in [0, 0.1) is 4.77 Å². The number of rotatable bonds is 0. The summed E-state index contributed by atoms with van der Waals surface area (Å²) in [6.45, 7) is 0. The van der Waals surface area contributed by atoms with Crippen LogP contribution in [0.5, 0.6) is 0 Å². The third-order valence-electron chi connectivity index (χ3n) is 0.785. The Bertz CT molecular complexity index is 247. The first-order chi connectivity index (χ1) is 4.18. The van der Waals surface area contributed by atoms with Crippen molar-refractivity contribution in [2.24, 2.45) is 0 Å². The summed E-state index contributed by atoms with van der Waals surface area (Å²) in [6, 6.07) is 1.51. The van der Waals surface area contributed by atoms with Crippen LogP contribution in [0.2, 0.25) is 0 Å². The normalized spacial score (nSPS) is 8.40. The van der Waals surface area contributed by atoms with Crippen LogP contribution in [-0.2, 0) is 0 Å². The number of hydrogen-bond acceptors (Lipinski definition) is 4. The number of anilines is 2. The van der Waals surface area contributed by atoms with E-state index in [-0.39, 0.29) is 29.6 Å². The number of nitrogens with zero attached hydrogens (tertiary/aromatic N) is 1. The SMILES string of the molecule is Nc1cc(N)[nH]c(=S)n1.[Na]. The van der Waals surface area contributed by atoms with E-state index in [1.54, 1.807) is 0 Å². The van der Waals surface area contributed by atoms with Gasteiger partial charge in [-0.1, -0.05) is 0 Å². The third kappa shape index (κ3) is 2.66. The van der Waals surface area contributed by atoms with Crippen LogP contribution in [0.15, 0.2) is 6.07 Å². The monoisotopic (exact) mass is 165 g/mol. The van der Waals surface area contributed by atoms with Gasteiger partial charge in [0.25, 0.3) is 0 Å². The van der Waals surface area contributed by atoms with Crippen molar-refractivity contribution in [3.05, 3.63) is 10.8 Å². The second-order valence-corrected chi connectivity index (χ2v) is 1.95. The van der Waals surface area contributed by atoms with Gasteiger partial charge in [-0.15, -0.1) is 0 Å². The minimum atomic E-state index is 0. The Kier molecular flexibility index (Phi) is 3.88. The van der Waals surface area contributed by atoms with E-state index in [1.807, 2.05) is 0 Å². The summed E-state index contributed by atoms with van der Waals surface area (Å²) in [6.07, 6.45) is 0. The molecule has 4 nitrogen and oxygen atoms in total. The topological polar surface area (TPSA) is 80.7 Å². The zero-order valence-electron chi connectivity index (χ0n) is 5.59. The number of aromatic amines is 1. The Hall–Kier alpha value is -0.100. The van der Waals surface area contributed by atoms with Crippen LogP contribution in [0.25, 0.3) is 0 Å². The van der Waals surface area contributed by atoms with Crippen LogP contribution in [0.4, 0.5) is 11.6 Å². The number of nitrogens with one attached hydrogen (secondary N) is 1. The summed E-state index contributed by atoms with van der Waals surface area (Å²) >= 11 is 4.66. The van der Waals surface area contributed by atoms with Gasteiger partial charge < -0.3 is 16.5 Å². The van der Waals surface area contributed by atoms with E-state index >= 15 is 0 Å². The van der Waals surface area contributed by atoms with E-state index < -0.39 is 0 Å². The molecule has 0 amide bonds. The fraction of sp³-hybridized carbons (Fsp3) is 0. The molecule has 0 bridgehead atoms. The van der Waals surface area contributed by atoms with Crippen LogP contribution in [0.3, 0.4) is 0 Å². The summed E-state index contributed by atoms with van der Waals surface area (Å²) < 4.78 is 0.313. The van der Waals surface area contributed by atoms with Crippen LogP contribution < -0.4 is 11.5 Å². The van der Waals surface area contributed by atoms with E-state index in [2.05, 4.69) is 22.2 Å². The number of nitrogen functional groups attached to an aromatic ring is 2. The zero-order chi connectivity index (χ0) is 6.85. The van der Waals surface area contributed by atoms with Gasteiger partial charge in [0.1, 0.15) is 11.6 Å². The second kappa shape index (κ2) is 3.92. The van der Waals surface area contributed by atoms with Crippen molar-refractivity contribution in [3.8, 4) is 0 Å². The maximum atomic E-state index is 5.32. The summed E-state index contributed by atoms with van der Waals surface area (Å²) in [4.78, 5) is 6.30. The summed E-state index contributed by atoms with van der Waals surface area (Å²) in [5.74, 6) is 0.781. The minimum absolute atomic E-state index is 0. The smallest absolute Gasteiger partial charge is 0.200 e. The van der Waals surface area contributed by atoms with Crippen LogP contribution in [-0.4, -0.2) is 39.5 Å². The summed E-state index contributed by atoms with van der Waals surface area (Å²) in [7, 11) is 0. The van der Waals surface area contributed by atoms with Gasteiger partial charge in [-0.3, -0.25) is 0 Å². The van der Waals surface area contributed by atoms with E-state index in [9.17, 15) is 0 Å². The Morgan fingerprint density at radius 2 is 2.10 bits per heavy atom. The molecule has 1 rings (SSSR count). The van der Waals surface area contributed by atoms with Crippen molar-refractivity contribution in [1.29, 1.82) is 0 Å². The third-order valence-corrected chi connectivity index (χ3v) is 0.979. The van der Waals surface area contributed by atoms with Crippen molar-refractivity contribution < 1.29 is 0 Å².